The minimum absolute atomic E-state index is 0.00816. The summed E-state index contributed by atoms with van der Waals surface area (Å²) in [6, 6.07) is 5.84. The van der Waals surface area contributed by atoms with Crippen molar-refractivity contribution in [3.8, 4) is 5.75 Å². The van der Waals surface area contributed by atoms with Crippen molar-refractivity contribution in [1.82, 2.24) is 4.90 Å². The number of ether oxygens (including phenoxy) is 1. The SMILES string of the molecule is CCN(Cc1cc(Br)ccc1OC)C(C)CC(=O)O. The Hall–Kier alpha value is -1.07. The highest BCUT2D eigenvalue weighted by Crippen LogP contribution is 2.25. The van der Waals surface area contributed by atoms with Gasteiger partial charge in [0.25, 0.3) is 0 Å². The van der Waals surface area contributed by atoms with Crippen molar-refractivity contribution in [2.45, 2.75) is 32.9 Å². The molecule has 0 fully saturated rings. The second-order valence-electron chi connectivity index (χ2n) is 4.47. The van der Waals surface area contributed by atoms with Gasteiger partial charge in [-0.15, -0.1) is 0 Å². The van der Waals surface area contributed by atoms with Gasteiger partial charge in [0.05, 0.1) is 13.5 Å². The zero-order valence-corrected chi connectivity index (χ0v) is 13.1. The third-order valence-corrected chi connectivity index (χ3v) is 3.61. The molecule has 19 heavy (non-hydrogen) atoms. The van der Waals surface area contributed by atoms with Crippen LogP contribution in [0, 0.1) is 0 Å². The monoisotopic (exact) mass is 329 g/mol. The quantitative estimate of drug-likeness (QED) is 0.834. The van der Waals surface area contributed by atoms with E-state index >= 15 is 0 Å². The number of hydrogen-bond donors (Lipinski definition) is 1. The Kier molecular flexibility index (Phi) is 6.31. The second-order valence-corrected chi connectivity index (χ2v) is 5.38. The molecule has 0 aliphatic rings. The molecular weight excluding hydrogens is 310 g/mol. The van der Waals surface area contributed by atoms with E-state index in [9.17, 15) is 4.79 Å². The zero-order chi connectivity index (χ0) is 14.4. The van der Waals surface area contributed by atoms with Gasteiger partial charge in [0, 0.05) is 22.6 Å². The molecule has 1 unspecified atom stereocenters. The van der Waals surface area contributed by atoms with Gasteiger partial charge in [0.15, 0.2) is 0 Å². The summed E-state index contributed by atoms with van der Waals surface area (Å²) < 4.78 is 6.33. The van der Waals surface area contributed by atoms with E-state index in [1.54, 1.807) is 7.11 Å². The standard InChI is InChI=1S/C14H20BrNO3/c1-4-16(10(2)7-14(17)18)9-11-8-12(15)5-6-13(11)19-3/h5-6,8,10H,4,7,9H2,1-3H3,(H,17,18). The molecule has 0 spiro atoms. The third kappa shape index (κ3) is 4.84. The van der Waals surface area contributed by atoms with Crippen LogP contribution in [0.5, 0.6) is 5.75 Å². The van der Waals surface area contributed by atoms with Crippen LogP contribution >= 0.6 is 15.9 Å². The molecule has 1 aromatic carbocycles. The summed E-state index contributed by atoms with van der Waals surface area (Å²) in [5.41, 5.74) is 1.05. The van der Waals surface area contributed by atoms with Crippen molar-refractivity contribution in [2.75, 3.05) is 13.7 Å². The van der Waals surface area contributed by atoms with Gasteiger partial charge in [0.1, 0.15) is 5.75 Å². The molecule has 0 bridgehead atoms. The topological polar surface area (TPSA) is 49.8 Å². The van der Waals surface area contributed by atoms with Crippen LogP contribution in [0.3, 0.4) is 0 Å². The number of carboxylic acids is 1. The molecule has 0 aliphatic carbocycles. The summed E-state index contributed by atoms with van der Waals surface area (Å²) >= 11 is 3.45. The first-order chi connectivity index (χ1) is 8.97. The lowest BCUT2D eigenvalue weighted by Crippen LogP contribution is -2.34. The Morgan fingerprint density at radius 2 is 2.21 bits per heavy atom. The highest BCUT2D eigenvalue weighted by atomic mass is 79.9. The van der Waals surface area contributed by atoms with E-state index in [1.165, 1.54) is 0 Å². The minimum Gasteiger partial charge on any atom is -0.496 e. The first kappa shape index (κ1) is 16.0. The molecule has 4 nitrogen and oxygen atoms in total. The number of nitrogens with zero attached hydrogens (tertiary/aromatic N) is 1. The van der Waals surface area contributed by atoms with Crippen LogP contribution < -0.4 is 4.74 Å². The Morgan fingerprint density at radius 1 is 1.53 bits per heavy atom. The summed E-state index contributed by atoms with van der Waals surface area (Å²) in [5, 5.41) is 8.88. The van der Waals surface area contributed by atoms with E-state index in [4.69, 9.17) is 9.84 Å². The van der Waals surface area contributed by atoms with Gasteiger partial charge in [-0.3, -0.25) is 9.69 Å². The van der Waals surface area contributed by atoms with E-state index in [0.717, 1.165) is 22.3 Å². The highest BCUT2D eigenvalue weighted by Gasteiger charge is 2.17. The summed E-state index contributed by atoms with van der Waals surface area (Å²) in [5.74, 6) is 0.0522. The molecule has 0 heterocycles. The average Bonchev–Trinajstić information content (AvgIpc) is 2.35. The largest absolute Gasteiger partial charge is 0.496 e. The van der Waals surface area contributed by atoms with E-state index in [0.29, 0.717) is 6.54 Å². The number of methoxy groups -OCH3 is 1. The number of carbonyl (C=O) groups is 1. The maximum absolute atomic E-state index is 10.8. The molecule has 0 radical (unpaired) electrons. The molecule has 106 valence electrons. The molecule has 0 saturated carbocycles. The first-order valence-electron chi connectivity index (χ1n) is 6.26. The van der Waals surface area contributed by atoms with Crippen molar-refractivity contribution in [1.29, 1.82) is 0 Å². The lowest BCUT2D eigenvalue weighted by atomic mass is 10.1. The molecule has 5 heteroatoms. The molecule has 1 N–H and O–H groups in total. The molecular formula is C14H20BrNO3. The fourth-order valence-electron chi connectivity index (χ4n) is 2.05. The fraction of sp³-hybridized carbons (Fsp3) is 0.500. The Labute approximate surface area is 122 Å². The molecule has 0 aliphatic heterocycles. The van der Waals surface area contributed by atoms with Crippen LogP contribution in [0.15, 0.2) is 22.7 Å². The van der Waals surface area contributed by atoms with Crippen LogP contribution in [0.25, 0.3) is 0 Å². The predicted molar refractivity (Wildman–Crippen MR) is 78.5 cm³/mol. The number of hydrogen-bond acceptors (Lipinski definition) is 3. The van der Waals surface area contributed by atoms with Crippen LogP contribution in [-0.4, -0.2) is 35.7 Å². The van der Waals surface area contributed by atoms with Crippen molar-refractivity contribution in [3.63, 3.8) is 0 Å². The Balaban J connectivity index is 2.85. The van der Waals surface area contributed by atoms with E-state index in [1.807, 2.05) is 32.0 Å². The van der Waals surface area contributed by atoms with Crippen molar-refractivity contribution in [2.24, 2.45) is 0 Å². The maximum atomic E-state index is 10.8. The van der Waals surface area contributed by atoms with Gasteiger partial charge in [-0.25, -0.2) is 0 Å². The van der Waals surface area contributed by atoms with Gasteiger partial charge >= 0.3 is 5.97 Å². The number of aliphatic carboxylic acids is 1. The van der Waals surface area contributed by atoms with Crippen molar-refractivity contribution >= 4 is 21.9 Å². The highest BCUT2D eigenvalue weighted by molar-refractivity contribution is 9.10. The predicted octanol–water partition coefficient (Wildman–Crippen LogP) is 3.14. The molecule has 0 aromatic heterocycles. The summed E-state index contributed by atoms with van der Waals surface area (Å²) in [6.45, 7) is 5.43. The van der Waals surface area contributed by atoms with E-state index in [2.05, 4.69) is 20.8 Å². The van der Waals surface area contributed by atoms with Gasteiger partial charge in [-0.05, 0) is 31.7 Å². The molecule has 1 atom stereocenters. The smallest absolute Gasteiger partial charge is 0.304 e. The Morgan fingerprint density at radius 3 is 2.74 bits per heavy atom. The molecule has 1 rings (SSSR count). The average molecular weight is 330 g/mol. The van der Waals surface area contributed by atoms with Gasteiger partial charge in [0.2, 0.25) is 0 Å². The fourth-order valence-corrected chi connectivity index (χ4v) is 2.46. The van der Waals surface area contributed by atoms with Crippen LogP contribution in [0.2, 0.25) is 0 Å². The summed E-state index contributed by atoms with van der Waals surface area (Å²) in [7, 11) is 1.64. The molecule has 1 aromatic rings. The van der Waals surface area contributed by atoms with Gasteiger partial charge in [-0.2, -0.15) is 0 Å². The number of halogens is 1. The second kappa shape index (κ2) is 7.50. The maximum Gasteiger partial charge on any atom is 0.304 e. The van der Waals surface area contributed by atoms with E-state index < -0.39 is 5.97 Å². The van der Waals surface area contributed by atoms with Crippen molar-refractivity contribution in [3.05, 3.63) is 28.2 Å². The zero-order valence-electron chi connectivity index (χ0n) is 11.5. The summed E-state index contributed by atoms with van der Waals surface area (Å²) in [6.07, 6.45) is 0.143. The van der Waals surface area contributed by atoms with Crippen LogP contribution in [0.4, 0.5) is 0 Å². The molecule has 0 saturated heterocycles. The lowest BCUT2D eigenvalue weighted by Gasteiger charge is -2.27. The van der Waals surface area contributed by atoms with Crippen LogP contribution in [-0.2, 0) is 11.3 Å². The molecule has 0 amide bonds. The van der Waals surface area contributed by atoms with Gasteiger partial charge < -0.3 is 9.84 Å². The Bertz CT molecular complexity index is 437. The normalized spacial score (nSPS) is 12.5. The lowest BCUT2D eigenvalue weighted by molar-refractivity contribution is -0.138. The van der Waals surface area contributed by atoms with Crippen molar-refractivity contribution < 1.29 is 14.6 Å². The number of rotatable bonds is 7. The third-order valence-electron chi connectivity index (χ3n) is 3.12. The van der Waals surface area contributed by atoms with Crippen LogP contribution in [0.1, 0.15) is 25.8 Å². The summed E-state index contributed by atoms with van der Waals surface area (Å²) in [4.78, 5) is 12.9. The van der Waals surface area contributed by atoms with E-state index in [-0.39, 0.29) is 12.5 Å². The first-order valence-corrected chi connectivity index (χ1v) is 7.05. The van der Waals surface area contributed by atoms with Gasteiger partial charge in [-0.1, -0.05) is 22.9 Å². The number of benzene rings is 1. The number of carboxylic acid groups (broad SMARTS) is 1. The minimum atomic E-state index is -0.771.